The maximum atomic E-state index is 3.80. The lowest BCUT2D eigenvalue weighted by Crippen LogP contribution is -2.27. The van der Waals surface area contributed by atoms with Crippen LogP contribution in [0.15, 0.2) is 4.99 Å². The highest BCUT2D eigenvalue weighted by molar-refractivity contribution is 5.23. The lowest BCUT2D eigenvalue weighted by Gasteiger charge is -2.09. The lowest BCUT2D eigenvalue weighted by molar-refractivity contribution is 0.496. The van der Waals surface area contributed by atoms with Gasteiger partial charge in [-0.25, -0.2) is 0 Å². The fourth-order valence-electron chi connectivity index (χ4n) is 0.471. The number of nitrogens with one attached hydrogen (secondary N) is 1. The molecule has 0 radical (unpaired) electrons. The van der Waals surface area contributed by atoms with Gasteiger partial charge in [-0.3, -0.25) is 10.3 Å². The third-order valence-electron chi connectivity index (χ3n) is 1.10. The Kier molecular flexibility index (Phi) is 4.32. The molecule has 0 heterocycles. The van der Waals surface area contributed by atoms with Gasteiger partial charge in [-0.15, -0.1) is 0 Å². The van der Waals surface area contributed by atoms with Crippen molar-refractivity contribution >= 4 is 6.72 Å². The van der Waals surface area contributed by atoms with Crippen LogP contribution in [0.25, 0.3) is 0 Å². The van der Waals surface area contributed by atoms with E-state index in [0.717, 1.165) is 6.54 Å². The second-order valence-electron chi connectivity index (χ2n) is 2.66. The maximum Gasteiger partial charge on any atom is 0.0958 e. The van der Waals surface area contributed by atoms with Gasteiger partial charge in [-0.05, 0) is 26.1 Å². The first-order valence-electron chi connectivity index (χ1n) is 3.36. The summed E-state index contributed by atoms with van der Waals surface area (Å²) in [4.78, 5) is 3.80. The van der Waals surface area contributed by atoms with E-state index in [1.165, 1.54) is 0 Å². The first kappa shape index (κ1) is 8.63. The third-order valence-corrected chi connectivity index (χ3v) is 1.10. The van der Waals surface area contributed by atoms with Crippen LogP contribution in [-0.4, -0.2) is 19.4 Å². The highest BCUT2D eigenvalue weighted by Crippen LogP contribution is 1.89. The number of nitrogens with zero attached hydrogens (tertiary/aromatic N) is 1. The predicted octanol–water partition coefficient (Wildman–Crippen LogP) is 1.28. The summed E-state index contributed by atoms with van der Waals surface area (Å²) in [5, 5.41) is 3.20. The van der Waals surface area contributed by atoms with Crippen molar-refractivity contribution in [3.05, 3.63) is 0 Å². The van der Waals surface area contributed by atoms with Crippen LogP contribution in [0, 0.1) is 5.92 Å². The second-order valence-corrected chi connectivity index (χ2v) is 2.66. The van der Waals surface area contributed by atoms with Crippen LogP contribution in [0.1, 0.15) is 20.8 Å². The van der Waals surface area contributed by atoms with Crippen molar-refractivity contribution in [1.82, 2.24) is 5.32 Å². The molecule has 0 saturated heterocycles. The molecule has 0 aromatic heterocycles. The molecular formula is C7H16N2. The molecule has 1 unspecified atom stereocenters. The zero-order valence-corrected chi connectivity index (χ0v) is 6.52. The lowest BCUT2D eigenvalue weighted by atomic mass is 10.2. The van der Waals surface area contributed by atoms with E-state index in [9.17, 15) is 0 Å². The van der Waals surface area contributed by atoms with Gasteiger partial charge in [0.05, 0.1) is 6.17 Å². The van der Waals surface area contributed by atoms with E-state index >= 15 is 0 Å². The zero-order chi connectivity index (χ0) is 7.28. The van der Waals surface area contributed by atoms with E-state index in [1.54, 1.807) is 0 Å². The summed E-state index contributed by atoms with van der Waals surface area (Å²) in [5.74, 6) is 0.689. The van der Waals surface area contributed by atoms with Crippen LogP contribution in [0.2, 0.25) is 0 Å². The van der Waals surface area contributed by atoms with Gasteiger partial charge in [0.15, 0.2) is 0 Å². The molecule has 0 rings (SSSR count). The van der Waals surface area contributed by atoms with Gasteiger partial charge < -0.3 is 0 Å². The molecule has 2 heteroatoms. The zero-order valence-electron chi connectivity index (χ0n) is 6.52. The standard InChI is InChI=1S/C7H16N2/c1-6(2)5-9-7(3)8-4/h6-7,9H,4-5H2,1-3H3. The first-order chi connectivity index (χ1) is 4.16. The van der Waals surface area contributed by atoms with Gasteiger partial charge in [0.25, 0.3) is 0 Å². The Morgan fingerprint density at radius 3 is 2.33 bits per heavy atom. The molecule has 0 saturated carbocycles. The van der Waals surface area contributed by atoms with Crippen molar-refractivity contribution in [3.63, 3.8) is 0 Å². The average Bonchev–Trinajstić information content (AvgIpc) is 1.83. The van der Waals surface area contributed by atoms with E-state index in [4.69, 9.17) is 0 Å². The Balaban J connectivity index is 3.16. The van der Waals surface area contributed by atoms with Crippen molar-refractivity contribution in [1.29, 1.82) is 0 Å². The van der Waals surface area contributed by atoms with Crippen LogP contribution < -0.4 is 5.32 Å². The SMILES string of the molecule is C=NC(C)NCC(C)C. The summed E-state index contributed by atoms with van der Waals surface area (Å²) in [6, 6.07) is 0. The summed E-state index contributed by atoms with van der Waals surface area (Å²) in [7, 11) is 0. The fourth-order valence-corrected chi connectivity index (χ4v) is 0.471. The molecule has 0 aliphatic heterocycles. The molecule has 9 heavy (non-hydrogen) atoms. The Hall–Kier alpha value is -0.370. The van der Waals surface area contributed by atoms with E-state index in [2.05, 4.69) is 30.9 Å². The molecular weight excluding hydrogens is 112 g/mol. The predicted molar refractivity (Wildman–Crippen MR) is 41.9 cm³/mol. The van der Waals surface area contributed by atoms with Crippen molar-refractivity contribution < 1.29 is 0 Å². The highest BCUT2D eigenvalue weighted by Gasteiger charge is 1.96. The van der Waals surface area contributed by atoms with Gasteiger partial charge in [0.2, 0.25) is 0 Å². The van der Waals surface area contributed by atoms with Crippen molar-refractivity contribution in [2.24, 2.45) is 10.9 Å². The van der Waals surface area contributed by atoms with Gasteiger partial charge in [-0.2, -0.15) is 0 Å². The summed E-state index contributed by atoms with van der Waals surface area (Å²) in [6.45, 7) is 10.8. The minimum absolute atomic E-state index is 0.201. The average molecular weight is 128 g/mol. The molecule has 0 fully saturated rings. The van der Waals surface area contributed by atoms with E-state index in [-0.39, 0.29) is 6.17 Å². The minimum atomic E-state index is 0.201. The van der Waals surface area contributed by atoms with Crippen LogP contribution in [0.5, 0.6) is 0 Å². The monoisotopic (exact) mass is 128 g/mol. The third kappa shape index (κ3) is 5.50. The quantitative estimate of drug-likeness (QED) is 0.567. The molecule has 0 spiro atoms. The molecule has 0 aliphatic rings. The Morgan fingerprint density at radius 2 is 2.00 bits per heavy atom. The molecule has 0 bridgehead atoms. The van der Waals surface area contributed by atoms with Gasteiger partial charge in [-0.1, -0.05) is 13.8 Å². The molecule has 2 nitrogen and oxygen atoms in total. The summed E-state index contributed by atoms with van der Waals surface area (Å²) < 4.78 is 0. The number of aliphatic imine (C=N–C) groups is 1. The molecule has 0 aromatic carbocycles. The van der Waals surface area contributed by atoms with E-state index in [0.29, 0.717) is 5.92 Å². The van der Waals surface area contributed by atoms with Gasteiger partial charge in [0, 0.05) is 0 Å². The number of hydrogen-bond acceptors (Lipinski definition) is 2. The Labute approximate surface area is 57.4 Å². The molecule has 0 aromatic rings. The molecule has 1 N–H and O–H groups in total. The normalized spacial score (nSPS) is 13.8. The van der Waals surface area contributed by atoms with E-state index < -0.39 is 0 Å². The topological polar surface area (TPSA) is 24.4 Å². The molecule has 0 amide bonds. The number of hydrogen-bond donors (Lipinski definition) is 1. The van der Waals surface area contributed by atoms with Crippen LogP contribution in [0.4, 0.5) is 0 Å². The van der Waals surface area contributed by atoms with Gasteiger partial charge >= 0.3 is 0 Å². The highest BCUT2D eigenvalue weighted by atomic mass is 15.0. The maximum absolute atomic E-state index is 3.80. The number of rotatable bonds is 4. The summed E-state index contributed by atoms with van der Waals surface area (Å²) in [5.41, 5.74) is 0. The summed E-state index contributed by atoms with van der Waals surface area (Å²) >= 11 is 0. The smallest absolute Gasteiger partial charge is 0.0958 e. The molecule has 0 aliphatic carbocycles. The molecule has 1 atom stereocenters. The van der Waals surface area contributed by atoms with Gasteiger partial charge in [0.1, 0.15) is 0 Å². The van der Waals surface area contributed by atoms with Crippen LogP contribution in [-0.2, 0) is 0 Å². The van der Waals surface area contributed by atoms with Crippen molar-refractivity contribution in [2.45, 2.75) is 26.9 Å². The molecule has 54 valence electrons. The van der Waals surface area contributed by atoms with E-state index in [1.807, 2.05) is 6.92 Å². The fraction of sp³-hybridized carbons (Fsp3) is 0.857. The van der Waals surface area contributed by atoms with Crippen LogP contribution in [0.3, 0.4) is 0 Å². The van der Waals surface area contributed by atoms with Crippen molar-refractivity contribution in [3.8, 4) is 0 Å². The minimum Gasteiger partial charge on any atom is -0.296 e. The first-order valence-corrected chi connectivity index (χ1v) is 3.36. The summed E-state index contributed by atoms with van der Waals surface area (Å²) in [6.07, 6.45) is 0.201. The van der Waals surface area contributed by atoms with Crippen LogP contribution >= 0.6 is 0 Å². The largest absolute Gasteiger partial charge is 0.296 e. The second kappa shape index (κ2) is 4.50. The Bertz CT molecular complexity index is 79.0. The van der Waals surface area contributed by atoms with Crippen molar-refractivity contribution in [2.75, 3.05) is 6.54 Å². The Morgan fingerprint density at radius 1 is 1.44 bits per heavy atom.